The van der Waals surface area contributed by atoms with E-state index in [9.17, 15) is 18.8 Å². The van der Waals surface area contributed by atoms with Crippen LogP contribution in [0.1, 0.15) is 6.42 Å². The van der Waals surface area contributed by atoms with Crippen LogP contribution in [0.15, 0.2) is 0 Å². The van der Waals surface area contributed by atoms with Gasteiger partial charge in [0.15, 0.2) is 0 Å². The number of carbonyl (C=O) groups excluding carboxylic acids is 2. The van der Waals surface area contributed by atoms with Gasteiger partial charge in [-0.05, 0) is 0 Å². The highest BCUT2D eigenvalue weighted by Gasteiger charge is 2.46. The Morgan fingerprint density at radius 2 is 2.17 bits per heavy atom. The first-order valence-corrected chi connectivity index (χ1v) is 2.98. The van der Waals surface area contributed by atoms with Crippen molar-refractivity contribution >= 4 is 17.9 Å². The normalized spacial score (nSPS) is 29.1. The number of carboxylic acids is 1. The molecule has 1 saturated heterocycles. The summed E-state index contributed by atoms with van der Waals surface area (Å²) in [6, 6.07) is -1.14. The van der Waals surface area contributed by atoms with Crippen LogP contribution >= 0.6 is 0 Å². The van der Waals surface area contributed by atoms with E-state index >= 15 is 0 Å². The molecule has 0 aromatic heterocycles. The predicted octanol–water partition coefficient (Wildman–Crippen LogP) is -1.03. The monoisotopic (exact) mass is 176 g/mol. The average Bonchev–Trinajstić information content (AvgIpc) is 1.82. The number of carboxylic acid groups (broad SMARTS) is 1. The molecule has 0 aromatic carbocycles. The molecule has 1 unspecified atom stereocenters. The maximum Gasteiger partial charge on any atom is 0.363 e. The van der Waals surface area contributed by atoms with Gasteiger partial charge in [-0.15, -0.1) is 0 Å². The van der Waals surface area contributed by atoms with E-state index in [1.54, 1.807) is 5.32 Å². The minimum atomic E-state index is -2.97. The number of halogens is 1. The van der Waals surface area contributed by atoms with Gasteiger partial charge < -0.3 is 5.11 Å². The first-order valence-electron chi connectivity index (χ1n) is 2.98. The van der Waals surface area contributed by atoms with Crippen molar-refractivity contribution in [1.29, 1.82) is 0 Å². The van der Waals surface area contributed by atoms with E-state index in [1.165, 1.54) is 5.32 Å². The van der Waals surface area contributed by atoms with Gasteiger partial charge in [-0.3, -0.25) is 15.4 Å². The topological polar surface area (TPSA) is 95.5 Å². The summed E-state index contributed by atoms with van der Waals surface area (Å²) in [6.07, 6.45) is -0.909. The summed E-state index contributed by atoms with van der Waals surface area (Å²) in [5.74, 6) is -5.81. The zero-order chi connectivity index (χ0) is 9.35. The molecule has 12 heavy (non-hydrogen) atoms. The van der Waals surface area contributed by atoms with Crippen LogP contribution in [0.2, 0.25) is 0 Å². The Balaban J connectivity index is 2.85. The fraction of sp³-hybridized carbons (Fsp3) is 0.400. The van der Waals surface area contributed by atoms with Crippen molar-refractivity contribution < 1.29 is 23.9 Å². The molecule has 0 spiro atoms. The van der Waals surface area contributed by atoms with Gasteiger partial charge in [0.2, 0.25) is 5.91 Å². The molecule has 7 heteroatoms. The molecule has 0 saturated carbocycles. The van der Waals surface area contributed by atoms with E-state index in [-0.39, 0.29) is 0 Å². The Morgan fingerprint density at radius 3 is 2.58 bits per heavy atom. The zero-order valence-electron chi connectivity index (χ0n) is 5.76. The van der Waals surface area contributed by atoms with E-state index in [2.05, 4.69) is 0 Å². The number of hydrogen-bond acceptors (Lipinski definition) is 3. The van der Waals surface area contributed by atoms with Crippen LogP contribution in [0.25, 0.3) is 0 Å². The smallest absolute Gasteiger partial charge is 0.363 e. The minimum Gasteiger partial charge on any atom is -0.477 e. The molecular formula is C5H5FN2O4. The van der Waals surface area contributed by atoms with E-state index < -0.39 is 30.1 Å². The molecular weight excluding hydrogens is 171 g/mol. The van der Waals surface area contributed by atoms with Crippen molar-refractivity contribution in [3.05, 3.63) is 0 Å². The fourth-order valence-corrected chi connectivity index (χ4v) is 0.777. The van der Waals surface area contributed by atoms with Crippen molar-refractivity contribution in [3.8, 4) is 0 Å². The Bertz CT molecular complexity index is 248. The summed E-state index contributed by atoms with van der Waals surface area (Å²) < 4.78 is 13.0. The van der Waals surface area contributed by atoms with Crippen LogP contribution < -0.4 is 10.6 Å². The maximum atomic E-state index is 13.0. The zero-order valence-corrected chi connectivity index (χ0v) is 5.76. The Morgan fingerprint density at radius 1 is 1.58 bits per heavy atom. The highest BCUT2D eigenvalue weighted by Crippen LogP contribution is 2.15. The van der Waals surface area contributed by atoms with Gasteiger partial charge in [-0.1, -0.05) is 0 Å². The van der Waals surface area contributed by atoms with Crippen LogP contribution in [0.4, 0.5) is 9.18 Å². The molecule has 1 atom stereocenters. The molecule has 66 valence electrons. The molecule has 3 amide bonds. The van der Waals surface area contributed by atoms with Crippen molar-refractivity contribution in [2.75, 3.05) is 0 Å². The van der Waals surface area contributed by atoms with E-state index in [1.807, 2.05) is 0 Å². The third kappa shape index (κ3) is 1.34. The number of carbonyl (C=O) groups is 3. The molecule has 0 radical (unpaired) electrons. The number of aliphatic carboxylic acids is 1. The minimum absolute atomic E-state index is 0.909. The number of imide groups is 1. The highest BCUT2D eigenvalue weighted by atomic mass is 19.1. The van der Waals surface area contributed by atoms with E-state index in [4.69, 9.17) is 5.11 Å². The Labute approximate surface area is 65.7 Å². The van der Waals surface area contributed by atoms with Crippen LogP contribution in [0.3, 0.4) is 0 Å². The van der Waals surface area contributed by atoms with Gasteiger partial charge in [-0.2, -0.15) is 0 Å². The molecule has 0 aromatic rings. The lowest BCUT2D eigenvalue weighted by Gasteiger charge is -2.25. The highest BCUT2D eigenvalue weighted by molar-refractivity contribution is 6.02. The molecule has 1 aliphatic rings. The Hall–Kier alpha value is -1.66. The molecule has 1 fully saturated rings. The lowest BCUT2D eigenvalue weighted by molar-refractivity contribution is -0.156. The summed E-state index contributed by atoms with van der Waals surface area (Å²) in [6.45, 7) is 0. The number of nitrogens with one attached hydrogen (secondary N) is 2. The largest absolute Gasteiger partial charge is 0.477 e. The van der Waals surface area contributed by atoms with Gasteiger partial charge in [-0.25, -0.2) is 14.0 Å². The van der Waals surface area contributed by atoms with Crippen LogP contribution in [0, 0.1) is 0 Å². The van der Waals surface area contributed by atoms with Crippen LogP contribution in [0.5, 0.6) is 0 Å². The lowest BCUT2D eigenvalue weighted by atomic mass is 10.1. The van der Waals surface area contributed by atoms with E-state index in [0.29, 0.717) is 0 Å². The first kappa shape index (κ1) is 8.44. The second-order valence-electron chi connectivity index (χ2n) is 2.29. The summed E-state index contributed by atoms with van der Waals surface area (Å²) in [4.78, 5) is 31.2. The third-order valence-electron chi connectivity index (χ3n) is 1.31. The summed E-state index contributed by atoms with van der Waals surface area (Å²) in [5.41, 5.74) is 0. The van der Waals surface area contributed by atoms with Gasteiger partial charge >= 0.3 is 12.0 Å². The molecule has 1 aliphatic heterocycles. The van der Waals surface area contributed by atoms with Gasteiger partial charge in [0, 0.05) is 0 Å². The van der Waals surface area contributed by atoms with Crippen molar-refractivity contribution in [1.82, 2.24) is 10.6 Å². The third-order valence-corrected chi connectivity index (χ3v) is 1.31. The van der Waals surface area contributed by atoms with Crippen molar-refractivity contribution in [3.63, 3.8) is 0 Å². The number of alkyl halides is 1. The molecule has 6 nitrogen and oxygen atoms in total. The first-order chi connectivity index (χ1) is 5.44. The van der Waals surface area contributed by atoms with Crippen molar-refractivity contribution in [2.24, 2.45) is 0 Å². The number of amides is 3. The second-order valence-corrected chi connectivity index (χ2v) is 2.29. The molecule has 1 heterocycles. The SMILES string of the molecule is O=C1CC(F)(C(=O)O)NC(=O)N1. The number of hydrogen-bond donors (Lipinski definition) is 3. The average molecular weight is 176 g/mol. The maximum absolute atomic E-state index is 13.0. The van der Waals surface area contributed by atoms with Crippen LogP contribution in [-0.4, -0.2) is 28.8 Å². The van der Waals surface area contributed by atoms with E-state index in [0.717, 1.165) is 0 Å². The summed E-state index contributed by atoms with van der Waals surface area (Å²) >= 11 is 0. The van der Waals surface area contributed by atoms with Gasteiger partial charge in [0.25, 0.3) is 5.79 Å². The van der Waals surface area contributed by atoms with Gasteiger partial charge in [0.05, 0.1) is 6.42 Å². The quantitative estimate of drug-likeness (QED) is 0.445. The van der Waals surface area contributed by atoms with Gasteiger partial charge in [0.1, 0.15) is 0 Å². The summed E-state index contributed by atoms with van der Waals surface area (Å²) in [5, 5.41) is 11.4. The fourth-order valence-electron chi connectivity index (χ4n) is 0.777. The molecule has 0 bridgehead atoms. The number of urea groups is 1. The molecule has 1 rings (SSSR count). The standard InChI is InChI=1S/C5H5FN2O4/c6-5(3(10)11)1-2(9)7-4(12)8-5/h1H2,(H,10,11)(H2,7,8,9,12). The van der Waals surface area contributed by atoms with Crippen LogP contribution in [-0.2, 0) is 9.59 Å². The molecule has 0 aliphatic carbocycles. The summed E-state index contributed by atoms with van der Waals surface area (Å²) in [7, 11) is 0. The second kappa shape index (κ2) is 2.43. The number of rotatable bonds is 1. The molecule has 3 N–H and O–H groups in total. The lowest BCUT2D eigenvalue weighted by Crippen LogP contribution is -2.62. The Kier molecular flexibility index (Phi) is 1.71. The van der Waals surface area contributed by atoms with Crippen molar-refractivity contribution in [2.45, 2.75) is 12.2 Å². The predicted molar refractivity (Wildman–Crippen MR) is 32.8 cm³/mol.